The van der Waals surface area contributed by atoms with Crippen LogP contribution in [0.2, 0.25) is 0 Å². The maximum absolute atomic E-state index is 13.1. The first-order chi connectivity index (χ1) is 48.7. The number of carbonyl (C=O) groups is 4. The van der Waals surface area contributed by atoms with E-state index in [1.165, 1.54) is 83.5 Å². The molecule has 0 spiro atoms. The summed E-state index contributed by atoms with van der Waals surface area (Å²) in [5, 5.41) is 10.6. The van der Waals surface area contributed by atoms with E-state index in [4.69, 9.17) is 37.0 Å². The van der Waals surface area contributed by atoms with E-state index in [0.717, 1.165) is 148 Å². The monoisotopic (exact) mass is 1440 g/mol. The lowest BCUT2D eigenvalue weighted by molar-refractivity contribution is -0.161. The van der Waals surface area contributed by atoms with E-state index in [9.17, 15) is 43.2 Å². The predicted octanol–water partition coefficient (Wildman–Crippen LogP) is 22.3. The van der Waals surface area contributed by atoms with E-state index < -0.39 is 97.5 Å². The Hall–Kier alpha value is -4.54. The number of phosphoric acid groups is 2. The number of hydrogen-bond acceptors (Lipinski definition) is 15. The second kappa shape index (κ2) is 72.8. The molecule has 574 valence electrons. The number of unbranched alkanes of at least 4 members (excludes halogenated alkanes) is 26. The van der Waals surface area contributed by atoms with Crippen molar-refractivity contribution in [2.75, 3.05) is 39.6 Å². The van der Waals surface area contributed by atoms with Crippen LogP contribution in [-0.2, 0) is 65.4 Å². The summed E-state index contributed by atoms with van der Waals surface area (Å²) in [7, 11) is -9.96. The van der Waals surface area contributed by atoms with Crippen LogP contribution < -0.4 is 0 Å². The average molecular weight is 1450 g/mol. The maximum Gasteiger partial charge on any atom is 0.472 e. The fraction of sp³-hybridized carbons (Fsp3) is 0.704. The zero-order chi connectivity index (χ0) is 73.2. The number of phosphoric ester groups is 2. The molecule has 100 heavy (non-hydrogen) atoms. The van der Waals surface area contributed by atoms with Gasteiger partial charge in [0.1, 0.15) is 19.3 Å². The topological polar surface area (TPSA) is 237 Å². The molecule has 0 bridgehead atoms. The van der Waals surface area contributed by atoms with Crippen molar-refractivity contribution in [3.63, 3.8) is 0 Å². The molecule has 0 aliphatic carbocycles. The zero-order valence-corrected chi connectivity index (χ0v) is 64.4. The van der Waals surface area contributed by atoms with E-state index in [-0.39, 0.29) is 25.7 Å². The molecule has 0 aromatic heterocycles. The van der Waals surface area contributed by atoms with Crippen molar-refractivity contribution >= 4 is 39.5 Å². The molecule has 0 aliphatic rings. The molecule has 0 aromatic rings. The second-order valence-corrected chi connectivity index (χ2v) is 28.5. The highest BCUT2D eigenvalue weighted by atomic mass is 31.2. The largest absolute Gasteiger partial charge is 0.472 e. The summed E-state index contributed by atoms with van der Waals surface area (Å²) < 4.78 is 68.4. The molecule has 0 heterocycles. The van der Waals surface area contributed by atoms with E-state index in [1.54, 1.807) is 0 Å². The van der Waals surface area contributed by atoms with Crippen molar-refractivity contribution in [1.29, 1.82) is 0 Å². The lowest BCUT2D eigenvalue weighted by Crippen LogP contribution is -2.30. The minimum absolute atomic E-state index is 0.0458. The Morgan fingerprint density at radius 2 is 0.520 bits per heavy atom. The molecule has 0 aromatic carbocycles. The van der Waals surface area contributed by atoms with Gasteiger partial charge in [0.25, 0.3) is 0 Å². The lowest BCUT2D eigenvalue weighted by Gasteiger charge is -2.21. The van der Waals surface area contributed by atoms with Gasteiger partial charge in [0, 0.05) is 25.7 Å². The van der Waals surface area contributed by atoms with Crippen LogP contribution in [0, 0.1) is 0 Å². The molecule has 19 heteroatoms. The number of allylic oxidation sites excluding steroid dienone is 20. The van der Waals surface area contributed by atoms with E-state index >= 15 is 0 Å². The Balaban J connectivity index is 5.40. The first kappa shape index (κ1) is 95.5. The highest BCUT2D eigenvalue weighted by molar-refractivity contribution is 7.47. The molecule has 0 amide bonds. The third-order valence-corrected chi connectivity index (χ3v) is 17.9. The van der Waals surface area contributed by atoms with Crippen LogP contribution in [0.25, 0.3) is 0 Å². The van der Waals surface area contributed by atoms with Gasteiger partial charge < -0.3 is 33.8 Å². The van der Waals surface area contributed by atoms with Crippen LogP contribution in [-0.4, -0.2) is 96.7 Å². The molecule has 0 rings (SSSR count). The summed E-state index contributed by atoms with van der Waals surface area (Å²) >= 11 is 0. The Kier molecular flexibility index (Phi) is 69.5. The van der Waals surface area contributed by atoms with Gasteiger partial charge in [0.05, 0.1) is 26.4 Å². The van der Waals surface area contributed by atoms with Gasteiger partial charge in [0.15, 0.2) is 12.2 Å². The zero-order valence-electron chi connectivity index (χ0n) is 62.6. The third kappa shape index (κ3) is 71.8. The molecule has 5 unspecified atom stereocenters. The quantitative estimate of drug-likeness (QED) is 0.0169. The molecule has 5 atom stereocenters. The second-order valence-electron chi connectivity index (χ2n) is 25.5. The van der Waals surface area contributed by atoms with Crippen molar-refractivity contribution in [2.24, 2.45) is 0 Å². The van der Waals surface area contributed by atoms with Gasteiger partial charge in [-0.15, -0.1) is 0 Å². The van der Waals surface area contributed by atoms with Crippen LogP contribution >= 0.6 is 15.6 Å². The van der Waals surface area contributed by atoms with Crippen LogP contribution in [0.5, 0.6) is 0 Å². The van der Waals surface area contributed by atoms with Gasteiger partial charge in [-0.3, -0.25) is 37.3 Å². The minimum atomic E-state index is -4.99. The average Bonchev–Trinajstić information content (AvgIpc) is 1.06. The molecule has 0 saturated carbocycles. The van der Waals surface area contributed by atoms with E-state index in [1.807, 2.05) is 0 Å². The summed E-state index contributed by atoms with van der Waals surface area (Å²) in [4.78, 5) is 72.8. The Morgan fingerprint density at radius 1 is 0.290 bits per heavy atom. The van der Waals surface area contributed by atoms with Crippen LogP contribution in [0.4, 0.5) is 0 Å². The molecule has 3 N–H and O–H groups in total. The Labute approximate surface area is 606 Å². The normalized spacial score (nSPS) is 14.6. The summed E-state index contributed by atoms with van der Waals surface area (Å²) in [6.45, 7) is 4.57. The number of aliphatic hydroxyl groups is 1. The first-order valence-corrected chi connectivity index (χ1v) is 41.8. The summed E-state index contributed by atoms with van der Waals surface area (Å²) in [6, 6.07) is 0. The van der Waals surface area contributed by atoms with Crippen molar-refractivity contribution in [1.82, 2.24) is 0 Å². The number of hydrogen-bond donors (Lipinski definition) is 3. The van der Waals surface area contributed by atoms with Gasteiger partial charge in [-0.2, -0.15) is 0 Å². The van der Waals surface area contributed by atoms with Crippen molar-refractivity contribution in [2.45, 2.75) is 329 Å². The van der Waals surface area contributed by atoms with E-state index in [2.05, 4.69) is 149 Å². The third-order valence-electron chi connectivity index (χ3n) is 16.0. The number of ether oxygens (including phenoxy) is 4. The molecule has 0 aliphatic heterocycles. The number of carbonyl (C=O) groups excluding carboxylic acids is 4. The molecule has 0 saturated heterocycles. The first-order valence-electron chi connectivity index (χ1n) is 38.8. The van der Waals surface area contributed by atoms with Crippen molar-refractivity contribution in [3.05, 3.63) is 122 Å². The number of aliphatic hydroxyl groups excluding tert-OH is 1. The number of rotatable bonds is 72. The van der Waals surface area contributed by atoms with Gasteiger partial charge >= 0.3 is 39.5 Å². The Bertz CT molecular complexity index is 2370. The van der Waals surface area contributed by atoms with Crippen molar-refractivity contribution in [3.8, 4) is 0 Å². The summed E-state index contributed by atoms with van der Waals surface area (Å²) in [6.07, 6.45) is 79.1. The Morgan fingerprint density at radius 3 is 0.800 bits per heavy atom. The fourth-order valence-corrected chi connectivity index (χ4v) is 11.7. The molecule has 0 fully saturated rings. The molecule has 0 radical (unpaired) electrons. The summed E-state index contributed by atoms with van der Waals surface area (Å²) in [5.74, 6) is -2.24. The molecular weight excluding hydrogens is 1310 g/mol. The van der Waals surface area contributed by atoms with Gasteiger partial charge in [0.2, 0.25) is 0 Å². The highest BCUT2D eigenvalue weighted by Gasteiger charge is 2.30. The summed E-state index contributed by atoms with van der Waals surface area (Å²) in [5.41, 5.74) is 0. The maximum atomic E-state index is 13.1. The minimum Gasteiger partial charge on any atom is -0.462 e. The lowest BCUT2D eigenvalue weighted by atomic mass is 10.1. The predicted molar refractivity (Wildman–Crippen MR) is 408 cm³/mol. The molecule has 17 nitrogen and oxygen atoms in total. The number of esters is 4. The van der Waals surface area contributed by atoms with E-state index in [0.29, 0.717) is 25.7 Å². The van der Waals surface area contributed by atoms with Crippen LogP contribution in [0.1, 0.15) is 310 Å². The SMILES string of the molecule is CC/C=C\C/C=C\C/C=C\C/C=C\C/C=C\CCCCCC(=O)OCC(COP(=O)(O)OCC(O)COP(=O)(O)OCC(COC(=O)CCCCCCCCCCCCC)OC(=O)CCCCCCCCCCCCC)OC(=O)CCCCC/C=C\C/C=C\C/C=C\C/C=C\C/C=C\CC. The smallest absolute Gasteiger partial charge is 0.462 e. The van der Waals surface area contributed by atoms with Gasteiger partial charge in [-0.1, -0.05) is 290 Å². The highest BCUT2D eigenvalue weighted by Crippen LogP contribution is 2.45. The fourth-order valence-electron chi connectivity index (χ4n) is 10.1. The molecular formula is C81H138O17P2. The van der Waals surface area contributed by atoms with Crippen molar-refractivity contribution < 1.29 is 80.2 Å². The van der Waals surface area contributed by atoms with Gasteiger partial charge in [-0.05, 0) is 116 Å². The van der Waals surface area contributed by atoms with Crippen LogP contribution in [0.15, 0.2) is 122 Å². The standard InChI is InChI=1S/C81H138O17P2/c1-5-9-13-17-21-25-29-31-33-35-37-39-41-43-47-50-54-58-62-66-79(84)92-72-77(98-81(86)68-64-60-56-52-48-44-42-40-38-36-34-32-30-26-22-18-14-10-6-2)74-96-100(89,90)94-70-75(82)69-93-99(87,88)95-73-76(97-80(85)67-63-59-55-51-46-28-24-20-16-12-8-4)71-91-78(83)65-61-57-53-49-45-27-23-19-15-11-7-3/h9-10,13-14,21-22,25-26,31-34,37-40,43-44,47-48,75-77,82H,5-8,11-12,15-20,23-24,27-30,35-36,41-42,45-46,49-74H2,1-4H3,(H,87,88)(H,89,90)/b13-9-,14-10-,25-21-,26-22-,33-31-,34-32-,39-37-,40-38-,47-43-,48-44-. The van der Waals surface area contributed by atoms with Gasteiger partial charge in [-0.25, -0.2) is 9.13 Å². The van der Waals surface area contributed by atoms with Crippen LogP contribution in [0.3, 0.4) is 0 Å².